The minimum absolute atomic E-state index is 0.108. The zero-order valence-electron chi connectivity index (χ0n) is 17.9. The quantitative estimate of drug-likeness (QED) is 0.738. The summed E-state index contributed by atoms with van der Waals surface area (Å²) in [7, 11) is 0. The van der Waals surface area contributed by atoms with Gasteiger partial charge in [-0.05, 0) is 51.5 Å². The minimum atomic E-state index is -0.108. The number of aliphatic imine (C=N–C) groups is 2. The predicted octanol–water partition coefficient (Wildman–Crippen LogP) is 4.32. The molecule has 0 amide bonds. The summed E-state index contributed by atoms with van der Waals surface area (Å²) in [5.41, 5.74) is 2.32. The van der Waals surface area contributed by atoms with Crippen LogP contribution in [0.4, 0.5) is 5.82 Å². The third kappa shape index (κ3) is 5.32. The number of thioether (sulfide) groups is 1. The Morgan fingerprint density at radius 1 is 1.34 bits per heavy atom. The van der Waals surface area contributed by atoms with Crippen LogP contribution in [0.3, 0.4) is 0 Å². The zero-order valence-corrected chi connectivity index (χ0v) is 18.8. The average Bonchev–Trinajstić information content (AvgIpc) is 2.80. The Kier molecular flexibility index (Phi) is 6.18. The van der Waals surface area contributed by atoms with Gasteiger partial charge in [-0.3, -0.25) is 9.89 Å². The third-order valence-electron chi connectivity index (χ3n) is 5.54. The van der Waals surface area contributed by atoms with E-state index >= 15 is 0 Å². The van der Waals surface area contributed by atoms with Crippen LogP contribution >= 0.6 is 11.8 Å². The van der Waals surface area contributed by atoms with Gasteiger partial charge in [0.15, 0.2) is 5.82 Å². The van der Waals surface area contributed by atoms with Crippen LogP contribution in [-0.2, 0) is 11.3 Å². The van der Waals surface area contributed by atoms with E-state index in [1.54, 1.807) is 11.8 Å². The van der Waals surface area contributed by atoms with Crippen molar-refractivity contribution in [2.24, 2.45) is 15.9 Å². The van der Waals surface area contributed by atoms with Crippen molar-refractivity contribution in [2.75, 3.05) is 26.2 Å². The number of hydrogen-bond acceptors (Lipinski definition) is 7. The number of rotatable bonds is 3. The number of dihydropyridines is 1. The predicted molar refractivity (Wildman–Crippen MR) is 120 cm³/mol. The lowest BCUT2D eigenvalue weighted by Gasteiger charge is -2.37. The van der Waals surface area contributed by atoms with E-state index in [0.29, 0.717) is 5.92 Å². The molecule has 1 atom stereocenters. The van der Waals surface area contributed by atoms with Gasteiger partial charge in [0.1, 0.15) is 5.82 Å². The van der Waals surface area contributed by atoms with E-state index in [-0.39, 0.29) is 5.60 Å². The topological polar surface area (TPSA) is 63.0 Å². The number of ether oxygens (including phenoxy) is 1. The first-order valence-electron chi connectivity index (χ1n) is 10.6. The van der Waals surface area contributed by atoms with Gasteiger partial charge in [0.2, 0.25) is 0 Å². The molecular weight excluding hydrogens is 382 g/mol. The first-order valence-corrected chi connectivity index (χ1v) is 11.4. The first kappa shape index (κ1) is 20.7. The molecule has 6 nitrogen and oxygen atoms in total. The molecule has 7 heteroatoms. The van der Waals surface area contributed by atoms with Gasteiger partial charge in [-0.15, -0.1) is 0 Å². The lowest BCUT2D eigenvalue weighted by atomic mass is 9.95. The van der Waals surface area contributed by atoms with Gasteiger partial charge in [0.25, 0.3) is 0 Å². The van der Waals surface area contributed by atoms with E-state index in [1.807, 2.05) is 13.0 Å². The Balaban J connectivity index is 1.53. The van der Waals surface area contributed by atoms with Gasteiger partial charge in [0.05, 0.1) is 28.0 Å². The molecule has 0 aromatic carbocycles. The highest BCUT2D eigenvalue weighted by atomic mass is 32.2. The van der Waals surface area contributed by atoms with Crippen LogP contribution in [0.15, 0.2) is 27.7 Å². The van der Waals surface area contributed by atoms with E-state index in [9.17, 15) is 0 Å². The maximum Gasteiger partial charge on any atom is 0.156 e. The number of aryl methyl sites for hydroxylation is 1. The molecule has 4 heterocycles. The largest absolute Gasteiger partial charge is 0.373 e. The van der Waals surface area contributed by atoms with Crippen molar-refractivity contribution < 1.29 is 4.74 Å². The Morgan fingerprint density at radius 3 is 3.03 bits per heavy atom. The van der Waals surface area contributed by atoms with Crippen molar-refractivity contribution in [2.45, 2.75) is 59.1 Å². The molecule has 0 spiro atoms. The molecule has 3 aliphatic heterocycles. The number of hydrogen-bond donors (Lipinski definition) is 0. The smallest absolute Gasteiger partial charge is 0.156 e. The van der Waals surface area contributed by atoms with Crippen LogP contribution in [0.2, 0.25) is 0 Å². The van der Waals surface area contributed by atoms with Crippen molar-refractivity contribution in [1.82, 2.24) is 14.9 Å². The molecule has 0 aliphatic carbocycles. The molecule has 0 bridgehead atoms. The van der Waals surface area contributed by atoms with Gasteiger partial charge in [0, 0.05) is 32.2 Å². The van der Waals surface area contributed by atoms with Gasteiger partial charge >= 0.3 is 0 Å². The summed E-state index contributed by atoms with van der Waals surface area (Å²) in [6.45, 7) is 12.8. The Morgan fingerprint density at radius 2 is 2.21 bits per heavy atom. The molecule has 0 saturated carbocycles. The van der Waals surface area contributed by atoms with Crippen LogP contribution < -0.4 is 0 Å². The second-order valence-electron chi connectivity index (χ2n) is 8.77. The van der Waals surface area contributed by atoms with Gasteiger partial charge in [-0.1, -0.05) is 24.8 Å². The van der Waals surface area contributed by atoms with E-state index in [0.717, 1.165) is 79.5 Å². The third-order valence-corrected chi connectivity index (χ3v) is 6.63. The fourth-order valence-electron chi connectivity index (χ4n) is 4.16. The number of aromatic nitrogens is 2. The molecule has 29 heavy (non-hydrogen) atoms. The summed E-state index contributed by atoms with van der Waals surface area (Å²) < 4.78 is 5.83. The summed E-state index contributed by atoms with van der Waals surface area (Å²) in [6.07, 6.45) is 5.50. The molecular formula is C22H31N5OS. The van der Waals surface area contributed by atoms with Gasteiger partial charge < -0.3 is 4.74 Å². The second-order valence-corrected chi connectivity index (χ2v) is 9.83. The summed E-state index contributed by atoms with van der Waals surface area (Å²) in [6, 6.07) is 2.04. The molecule has 156 valence electrons. The highest BCUT2D eigenvalue weighted by molar-refractivity contribution is 8.27. The fraction of sp³-hybridized carbons (Fsp3) is 0.636. The van der Waals surface area contributed by atoms with Crippen LogP contribution in [0.1, 0.15) is 51.6 Å². The average molecular weight is 414 g/mol. The molecule has 2 saturated heterocycles. The fourth-order valence-corrected chi connectivity index (χ4v) is 5.30. The Bertz CT molecular complexity index is 861. The summed E-state index contributed by atoms with van der Waals surface area (Å²) in [5.74, 6) is 2.08. The van der Waals surface area contributed by atoms with Crippen molar-refractivity contribution in [3.8, 4) is 0 Å². The zero-order chi connectivity index (χ0) is 20.4. The van der Waals surface area contributed by atoms with E-state index in [4.69, 9.17) is 14.7 Å². The minimum Gasteiger partial charge on any atom is -0.373 e. The van der Waals surface area contributed by atoms with Crippen LogP contribution in [-0.4, -0.2) is 56.8 Å². The molecule has 0 radical (unpaired) electrons. The van der Waals surface area contributed by atoms with Crippen molar-refractivity contribution >= 4 is 27.7 Å². The Labute approximate surface area is 178 Å². The standard InChI is InChI=1S/C22H31N5OS/c1-15-7-8-20(29-21-18(15)6-5-9-23-21)26-19-12-17(24-16(2)25-19)13-27-10-11-28-22(3,4)14-27/h6,12,15H,5,7-11,13-14H2,1-4H3. The summed E-state index contributed by atoms with van der Waals surface area (Å²) in [4.78, 5) is 21.3. The molecule has 2 fully saturated rings. The van der Waals surface area contributed by atoms with E-state index in [1.165, 1.54) is 5.57 Å². The summed E-state index contributed by atoms with van der Waals surface area (Å²) in [5, 5.41) is 2.26. The van der Waals surface area contributed by atoms with Gasteiger partial charge in [-0.25, -0.2) is 15.0 Å². The molecule has 3 aliphatic rings. The monoisotopic (exact) mass is 413 g/mol. The maximum atomic E-state index is 5.83. The van der Waals surface area contributed by atoms with Crippen LogP contribution in [0, 0.1) is 12.8 Å². The molecule has 1 aromatic heterocycles. The normalized spacial score (nSPS) is 26.5. The molecule has 4 rings (SSSR count). The molecule has 1 unspecified atom stereocenters. The Hall–Kier alpha value is -1.57. The highest BCUT2D eigenvalue weighted by Crippen LogP contribution is 2.34. The van der Waals surface area contributed by atoms with Gasteiger partial charge in [-0.2, -0.15) is 0 Å². The number of fused-ring (bicyclic) bond motifs is 1. The molecule has 0 N–H and O–H groups in total. The highest BCUT2D eigenvalue weighted by Gasteiger charge is 2.27. The number of morpholine rings is 1. The lowest BCUT2D eigenvalue weighted by molar-refractivity contribution is -0.0885. The summed E-state index contributed by atoms with van der Waals surface area (Å²) >= 11 is 1.73. The van der Waals surface area contributed by atoms with Crippen molar-refractivity contribution in [3.63, 3.8) is 0 Å². The van der Waals surface area contributed by atoms with E-state index < -0.39 is 0 Å². The van der Waals surface area contributed by atoms with Crippen molar-refractivity contribution in [1.29, 1.82) is 0 Å². The van der Waals surface area contributed by atoms with Crippen LogP contribution in [0.5, 0.6) is 0 Å². The first-order chi connectivity index (χ1) is 13.9. The SMILES string of the molecule is Cc1nc(CN2CCOC(C)(C)C2)cc(N=C2CCC(C)C3=CCCN=C3S2)n1. The van der Waals surface area contributed by atoms with Crippen molar-refractivity contribution in [3.05, 3.63) is 29.2 Å². The number of nitrogens with zero attached hydrogens (tertiary/aromatic N) is 5. The lowest BCUT2D eigenvalue weighted by Crippen LogP contribution is -2.47. The second kappa shape index (κ2) is 8.66. The maximum absolute atomic E-state index is 5.83. The molecule has 1 aromatic rings. The van der Waals surface area contributed by atoms with Crippen LogP contribution in [0.25, 0.3) is 0 Å². The van der Waals surface area contributed by atoms with E-state index in [2.05, 4.69) is 41.7 Å².